The van der Waals surface area contributed by atoms with Crippen LogP contribution in [0.2, 0.25) is 0 Å². The van der Waals surface area contributed by atoms with Crippen LogP contribution in [0.4, 0.5) is 0 Å². The second-order valence-electron chi connectivity index (χ2n) is 16.7. The van der Waals surface area contributed by atoms with Crippen molar-refractivity contribution in [2.24, 2.45) is 0 Å². The van der Waals surface area contributed by atoms with Crippen LogP contribution in [0.1, 0.15) is 239 Å². The summed E-state index contributed by atoms with van der Waals surface area (Å²) in [5.74, 6) is -0.922. The second kappa shape index (κ2) is 49.5. The van der Waals surface area contributed by atoms with Crippen LogP contribution in [0.15, 0.2) is 72.9 Å². The lowest BCUT2D eigenvalue weighted by Gasteiger charge is -2.18. The van der Waals surface area contributed by atoms with Crippen molar-refractivity contribution < 1.29 is 28.6 Å². The van der Waals surface area contributed by atoms with Crippen LogP contribution in [0.3, 0.4) is 0 Å². The number of rotatable bonds is 45. The van der Waals surface area contributed by atoms with Gasteiger partial charge in [-0.05, 0) is 89.9 Å². The highest BCUT2D eigenvalue weighted by molar-refractivity contribution is 5.71. The van der Waals surface area contributed by atoms with Crippen LogP contribution in [0.5, 0.6) is 0 Å². The highest BCUT2D eigenvalue weighted by Gasteiger charge is 2.19. The van der Waals surface area contributed by atoms with Crippen LogP contribution >= 0.6 is 0 Å². The van der Waals surface area contributed by atoms with Crippen molar-refractivity contribution in [1.82, 2.24) is 0 Å². The number of hydrogen-bond acceptors (Lipinski definition) is 6. The molecule has 0 amide bonds. The summed E-state index contributed by atoms with van der Waals surface area (Å²) in [6.07, 6.45) is 62.0. The first-order valence-corrected chi connectivity index (χ1v) is 25.4. The van der Waals surface area contributed by atoms with Crippen molar-refractivity contribution in [3.8, 4) is 0 Å². The minimum Gasteiger partial charge on any atom is -0.462 e. The van der Waals surface area contributed by atoms with E-state index in [0.717, 1.165) is 116 Å². The van der Waals surface area contributed by atoms with Gasteiger partial charge in [0.25, 0.3) is 0 Å². The highest BCUT2D eigenvalue weighted by Crippen LogP contribution is 2.14. The highest BCUT2D eigenvalue weighted by atomic mass is 16.6. The molecule has 61 heavy (non-hydrogen) atoms. The van der Waals surface area contributed by atoms with Gasteiger partial charge in [0.15, 0.2) is 6.10 Å². The Morgan fingerprint density at radius 1 is 0.344 bits per heavy atom. The summed E-state index contributed by atoms with van der Waals surface area (Å²) in [6, 6.07) is 0. The lowest BCUT2D eigenvalue weighted by atomic mass is 10.1. The quantitative estimate of drug-likeness (QED) is 0.0263. The van der Waals surface area contributed by atoms with Gasteiger partial charge in [-0.2, -0.15) is 0 Å². The normalized spacial score (nSPS) is 12.6. The molecule has 0 aromatic heterocycles. The number of unbranched alkanes of at least 4 members (excludes halogenated alkanes) is 22. The monoisotopic (exact) mass is 851 g/mol. The molecule has 0 heterocycles. The molecule has 0 aliphatic rings. The molecule has 0 aliphatic heterocycles. The van der Waals surface area contributed by atoms with Crippen LogP contribution in [0.25, 0.3) is 0 Å². The van der Waals surface area contributed by atoms with Crippen LogP contribution in [0, 0.1) is 0 Å². The third kappa shape index (κ3) is 47.7. The van der Waals surface area contributed by atoms with Gasteiger partial charge < -0.3 is 14.2 Å². The van der Waals surface area contributed by atoms with Gasteiger partial charge >= 0.3 is 17.9 Å². The van der Waals surface area contributed by atoms with Gasteiger partial charge in [0, 0.05) is 19.3 Å². The zero-order chi connectivity index (χ0) is 44.4. The molecule has 0 saturated carbocycles. The molecule has 0 aromatic carbocycles. The zero-order valence-corrected chi connectivity index (χ0v) is 39.9. The molecule has 0 N–H and O–H groups in total. The fourth-order valence-electron chi connectivity index (χ4n) is 6.87. The Hall–Kier alpha value is -3.15. The first-order chi connectivity index (χ1) is 30.0. The lowest BCUT2D eigenvalue weighted by Crippen LogP contribution is -2.30. The van der Waals surface area contributed by atoms with Crippen molar-refractivity contribution in [1.29, 1.82) is 0 Å². The summed E-state index contributed by atoms with van der Waals surface area (Å²) < 4.78 is 16.6. The molecule has 1 unspecified atom stereocenters. The molecular weight excluding hydrogens is 757 g/mol. The Balaban J connectivity index is 4.22. The first kappa shape index (κ1) is 57.9. The zero-order valence-electron chi connectivity index (χ0n) is 39.9. The van der Waals surface area contributed by atoms with E-state index in [9.17, 15) is 14.4 Å². The van der Waals surface area contributed by atoms with Crippen LogP contribution in [-0.2, 0) is 28.6 Å². The number of carbonyl (C=O) groups is 3. The third-order valence-corrected chi connectivity index (χ3v) is 10.7. The van der Waals surface area contributed by atoms with Crippen molar-refractivity contribution in [3.63, 3.8) is 0 Å². The van der Waals surface area contributed by atoms with Gasteiger partial charge in [-0.3, -0.25) is 14.4 Å². The predicted octanol–water partition coefficient (Wildman–Crippen LogP) is 16.6. The molecule has 0 bridgehead atoms. The molecule has 0 radical (unpaired) electrons. The van der Waals surface area contributed by atoms with E-state index in [2.05, 4.69) is 93.7 Å². The summed E-state index contributed by atoms with van der Waals surface area (Å²) in [5, 5.41) is 0. The van der Waals surface area contributed by atoms with Crippen molar-refractivity contribution >= 4 is 17.9 Å². The maximum Gasteiger partial charge on any atom is 0.306 e. The Morgan fingerprint density at radius 2 is 0.639 bits per heavy atom. The van der Waals surface area contributed by atoms with E-state index < -0.39 is 6.10 Å². The average molecular weight is 851 g/mol. The Bertz CT molecular complexity index is 1160. The minimum atomic E-state index is -0.781. The maximum atomic E-state index is 12.7. The second-order valence-corrected chi connectivity index (χ2v) is 16.7. The molecule has 0 spiro atoms. The minimum absolute atomic E-state index is 0.0844. The van der Waals surface area contributed by atoms with Crippen LogP contribution < -0.4 is 0 Å². The largest absolute Gasteiger partial charge is 0.462 e. The number of hydrogen-bond donors (Lipinski definition) is 0. The lowest BCUT2D eigenvalue weighted by molar-refractivity contribution is -0.167. The number of esters is 3. The molecule has 1 atom stereocenters. The van der Waals surface area contributed by atoms with Gasteiger partial charge in [-0.15, -0.1) is 0 Å². The number of allylic oxidation sites excluding steroid dienone is 12. The smallest absolute Gasteiger partial charge is 0.306 e. The Morgan fingerprint density at radius 3 is 1.02 bits per heavy atom. The average Bonchev–Trinajstić information content (AvgIpc) is 3.26. The summed E-state index contributed by atoms with van der Waals surface area (Å²) in [7, 11) is 0. The molecular formula is C55H94O6. The first-order valence-electron chi connectivity index (χ1n) is 25.4. The SMILES string of the molecule is CC/C=C\C/C=C\C/C=C\C/C=C\C/C=C\CCCCCCCC(=O)OCC(COC(=O)CCCCCCC)OC(=O)CCCCCCCCC/C=C\CCCCCCCC. The molecule has 0 aromatic rings. The van der Waals surface area contributed by atoms with E-state index in [1.54, 1.807) is 0 Å². The van der Waals surface area contributed by atoms with E-state index in [0.29, 0.717) is 19.3 Å². The molecule has 0 saturated heterocycles. The third-order valence-electron chi connectivity index (χ3n) is 10.7. The Kier molecular flexibility index (Phi) is 46.9. The van der Waals surface area contributed by atoms with E-state index >= 15 is 0 Å². The maximum absolute atomic E-state index is 12.7. The summed E-state index contributed by atoms with van der Waals surface area (Å²) >= 11 is 0. The van der Waals surface area contributed by atoms with Crippen molar-refractivity contribution in [2.45, 2.75) is 245 Å². The van der Waals surface area contributed by atoms with E-state index in [-0.39, 0.29) is 31.1 Å². The molecule has 0 rings (SSSR count). The van der Waals surface area contributed by atoms with E-state index in [1.807, 2.05) is 0 Å². The predicted molar refractivity (Wildman–Crippen MR) is 261 cm³/mol. The van der Waals surface area contributed by atoms with Gasteiger partial charge in [0.2, 0.25) is 0 Å². The molecule has 6 nitrogen and oxygen atoms in total. The molecule has 6 heteroatoms. The molecule has 0 fully saturated rings. The van der Waals surface area contributed by atoms with E-state index in [4.69, 9.17) is 14.2 Å². The standard InChI is InChI=1S/C55H94O6/c1-4-7-10-13-15-17-19-21-23-25-26-27-28-30-31-33-35-37-39-42-45-48-54(57)60-51-52(50-59-53(56)47-44-41-12-9-6-3)61-55(58)49-46-43-40-38-36-34-32-29-24-22-20-18-16-14-11-8-5-2/h7,10,15,17,21-24,26-27,30-31,52H,4-6,8-9,11-14,16,18-20,25,28-29,32-51H2,1-3H3/b10-7-,17-15-,23-21-,24-22-,27-26-,31-30-. The van der Waals surface area contributed by atoms with E-state index in [1.165, 1.54) is 83.5 Å². The Labute approximate surface area is 376 Å². The van der Waals surface area contributed by atoms with Gasteiger partial charge in [-0.1, -0.05) is 203 Å². The van der Waals surface area contributed by atoms with Crippen molar-refractivity contribution in [3.05, 3.63) is 72.9 Å². The summed E-state index contributed by atoms with van der Waals surface area (Å²) in [4.78, 5) is 37.7. The fraction of sp³-hybridized carbons (Fsp3) is 0.727. The molecule has 350 valence electrons. The summed E-state index contributed by atoms with van der Waals surface area (Å²) in [6.45, 7) is 6.41. The van der Waals surface area contributed by atoms with Gasteiger partial charge in [0.1, 0.15) is 13.2 Å². The topological polar surface area (TPSA) is 78.9 Å². The van der Waals surface area contributed by atoms with Gasteiger partial charge in [-0.25, -0.2) is 0 Å². The van der Waals surface area contributed by atoms with Crippen LogP contribution in [-0.4, -0.2) is 37.2 Å². The number of ether oxygens (including phenoxy) is 3. The number of carbonyl (C=O) groups excluding carboxylic acids is 3. The molecule has 0 aliphatic carbocycles. The van der Waals surface area contributed by atoms with Gasteiger partial charge in [0.05, 0.1) is 0 Å². The summed E-state index contributed by atoms with van der Waals surface area (Å²) in [5.41, 5.74) is 0. The fourth-order valence-corrected chi connectivity index (χ4v) is 6.87. The van der Waals surface area contributed by atoms with Crippen molar-refractivity contribution in [2.75, 3.05) is 13.2 Å².